The van der Waals surface area contributed by atoms with Crippen LogP contribution in [0, 0.1) is 6.92 Å². The van der Waals surface area contributed by atoms with Gasteiger partial charge in [-0.1, -0.05) is 25.3 Å². The first-order valence-corrected chi connectivity index (χ1v) is 6.86. The van der Waals surface area contributed by atoms with Crippen molar-refractivity contribution >= 4 is 11.6 Å². The fraction of sp³-hybridized carbons (Fsp3) is 0.533. The summed E-state index contributed by atoms with van der Waals surface area (Å²) in [5.74, 6) is -0.138. The Balaban J connectivity index is 2.17. The molecule has 1 saturated carbocycles. The van der Waals surface area contributed by atoms with Gasteiger partial charge in [0.2, 0.25) is 0 Å². The van der Waals surface area contributed by atoms with Crippen LogP contribution in [0.4, 0.5) is 5.69 Å². The maximum absolute atomic E-state index is 12.4. The molecule has 0 atom stereocenters. The Labute approximate surface area is 114 Å². The van der Waals surface area contributed by atoms with E-state index in [1.807, 2.05) is 13.0 Å². The van der Waals surface area contributed by atoms with Crippen LogP contribution in [0.2, 0.25) is 0 Å². The molecule has 1 aliphatic rings. The molecule has 0 radical (unpaired) electrons. The maximum atomic E-state index is 12.4. The largest absolute Gasteiger partial charge is 0.399 e. The Bertz CT molecular complexity index is 465. The lowest BCUT2D eigenvalue weighted by Gasteiger charge is -2.36. The molecule has 104 valence electrons. The molecule has 0 aliphatic heterocycles. The number of aliphatic hydroxyl groups excluding tert-OH is 1. The summed E-state index contributed by atoms with van der Waals surface area (Å²) in [7, 11) is 0. The number of nitrogen functional groups attached to an aromatic ring is 1. The molecule has 19 heavy (non-hydrogen) atoms. The molecule has 1 aliphatic carbocycles. The molecule has 0 heterocycles. The molecule has 0 aromatic heterocycles. The van der Waals surface area contributed by atoms with Gasteiger partial charge in [-0.3, -0.25) is 4.79 Å². The Morgan fingerprint density at radius 2 is 2.05 bits per heavy atom. The maximum Gasteiger partial charge on any atom is 0.252 e. The highest BCUT2D eigenvalue weighted by Gasteiger charge is 2.33. The smallest absolute Gasteiger partial charge is 0.252 e. The minimum atomic E-state index is -0.452. The van der Waals surface area contributed by atoms with E-state index in [9.17, 15) is 9.90 Å². The zero-order chi connectivity index (χ0) is 13.9. The zero-order valence-electron chi connectivity index (χ0n) is 11.4. The fourth-order valence-electron chi connectivity index (χ4n) is 2.74. The zero-order valence-corrected chi connectivity index (χ0v) is 11.4. The molecule has 4 N–H and O–H groups in total. The van der Waals surface area contributed by atoms with E-state index < -0.39 is 5.54 Å². The first kappa shape index (κ1) is 13.9. The highest BCUT2D eigenvalue weighted by molar-refractivity contribution is 5.97. The summed E-state index contributed by atoms with van der Waals surface area (Å²) in [5.41, 5.74) is 7.36. The van der Waals surface area contributed by atoms with Gasteiger partial charge in [0.25, 0.3) is 5.91 Å². The second kappa shape index (κ2) is 5.61. The van der Waals surface area contributed by atoms with Crippen molar-refractivity contribution < 1.29 is 9.90 Å². The number of carbonyl (C=O) groups is 1. The van der Waals surface area contributed by atoms with E-state index in [0.29, 0.717) is 11.3 Å². The van der Waals surface area contributed by atoms with Crippen LogP contribution in [0.15, 0.2) is 18.2 Å². The molecule has 4 nitrogen and oxygen atoms in total. The predicted molar refractivity (Wildman–Crippen MR) is 76.0 cm³/mol. The first-order chi connectivity index (χ1) is 9.06. The number of carbonyl (C=O) groups excluding carboxylic acids is 1. The molecule has 1 amide bonds. The van der Waals surface area contributed by atoms with Gasteiger partial charge in [-0.05, 0) is 37.5 Å². The molecule has 0 bridgehead atoms. The van der Waals surface area contributed by atoms with Crippen LogP contribution in [-0.4, -0.2) is 23.2 Å². The van der Waals surface area contributed by atoms with Crippen LogP contribution in [0.25, 0.3) is 0 Å². The Hall–Kier alpha value is -1.55. The van der Waals surface area contributed by atoms with E-state index in [0.717, 1.165) is 31.2 Å². The van der Waals surface area contributed by atoms with Crippen molar-refractivity contribution in [3.05, 3.63) is 29.3 Å². The second-order valence-electron chi connectivity index (χ2n) is 5.53. The SMILES string of the molecule is Cc1ccc(N)cc1C(=O)NC1(CO)CCCCC1. The van der Waals surface area contributed by atoms with Gasteiger partial charge in [-0.2, -0.15) is 0 Å². The molecule has 1 aromatic carbocycles. The van der Waals surface area contributed by atoms with Gasteiger partial charge >= 0.3 is 0 Å². The van der Waals surface area contributed by atoms with Crippen LogP contribution >= 0.6 is 0 Å². The second-order valence-corrected chi connectivity index (χ2v) is 5.53. The predicted octanol–water partition coefficient (Wildman–Crippen LogP) is 2.00. The summed E-state index contributed by atoms with van der Waals surface area (Å²) in [5, 5.41) is 12.6. The van der Waals surface area contributed by atoms with Gasteiger partial charge in [0.15, 0.2) is 0 Å². The van der Waals surface area contributed by atoms with E-state index in [4.69, 9.17) is 5.73 Å². The van der Waals surface area contributed by atoms with Crippen molar-refractivity contribution in [3.63, 3.8) is 0 Å². The molecular weight excluding hydrogens is 240 g/mol. The quantitative estimate of drug-likeness (QED) is 0.729. The molecule has 1 aromatic rings. The number of amides is 1. The van der Waals surface area contributed by atoms with Crippen LogP contribution in [0.1, 0.15) is 48.0 Å². The Kier molecular flexibility index (Phi) is 4.10. The third-order valence-electron chi connectivity index (χ3n) is 4.00. The number of anilines is 1. The lowest BCUT2D eigenvalue weighted by Crippen LogP contribution is -2.52. The highest BCUT2D eigenvalue weighted by atomic mass is 16.3. The molecule has 1 fully saturated rings. The molecule has 4 heteroatoms. The third-order valence-corrected chi connectivity index (χ3v) is 4.00. The average molecular weight is 262 g/mol. The van der Waals surface area contributed by atoms with Crippen molar-refractivity contribution in [3.8, 4) is 0 Å². The van der Waals surface area contributed by atoms with E-state index in [2.05, 4.69) is 5.32 Å². The Morgan fingerprint density at radius 1 is 1.37 bits per heavy atom. The summed E-state index contributed by atoms with van der Waals surface area (Å²) in [4.78, 5) is 12.4. The summed E-state index contributed by atoms with van der Waals surface area (Å²) in [6.45, 7) is 1.89. The number of hydrogen-bond donors (Lipinski definition) is 3. The van der Waals surface area contributed by atoms with E-state index in [1.54, 1.807) is 12.1 Å². The van der Waals surface area contributed by atoms with Crippen LogP contribution in [0.5, 0.6) is 0 Å². The fourth-order valence-corrected chi connectivity index (χ4v) is 2.74. The van der Waals surface area contributed by atoms with Crippen LogP contribution in [-0.2, 0) is 0 Å². The molecule has 0 unspecified atom stereocenters. The number of nitrogens with two attached hydrogens (primary N) is 1. The lowest BCUT2D eigenvalue weighted by atomic mass is 9.82. The standard InChI is InChI=1S/C15H22N2O2/c1-11-5-6-12(16)9-13(11)14(19)17-15(10-18)7-3-2-4-8-15/h5-6,9,18H,2-4,7-8,10,16H2,1H3,(H,17,19). The monoisotopic (exact) mass is 262 g/mol. The number of rotatable bonds is 3. The van der Waals surface area contributed by atoms with Gasteiger partial charge in [-0.25, -0.2) is 0 Å². The number of nitrogens with one attached hydrogen (secondary N) is 1. The topological polar surface area (TPSA) is 75.4 Å². The average Bonchev–Trinajstić information content (AvgIpc) is 2.42. The van der Waals surface area contributed by atoms with E-state index in [1.165, 1.54) is 6.42 Å². The van der Waals surface area contributed by atoms with Crippen molar-refractivity contribution in [2.24, 2.45) is 0 Å². The molecule has 0 spiro atoms. The van der Waals surface area contributed by atoms with Gasteiger partial charge in [0.1, 0.15) is 0 Å². The molecule has 2 rings (SSSR count). The van der Waals surface area contributed by atoms with Crippen molar-refractivity contribution in [2.45, 2.75) is 44.6 Å². The van der Waals surface area contributed by atoms with E-state index in [-0.39, 0.29) is 12.5 Å². The minimum absolute atomic E-state index is 0.000103. The molecule has 0 saturated heterocycles. The van der Waals surface area contributed by atoms with E-state index >= 15 is 0 Å². The van der Waals surface area contributed by atoms with Crippen molar-refractivity contribution in [1.29, 1.82) is 0 Å². The van der Waals surface area contributed by atoms with Gasteiger partial charge in [0.05, 0.1) is 12.1 Å². The number of aliphatic hydroxyl groups is 1. The summed E-state index contributed by atoms with van der Waals surface area (Å²) in [6.07, 6.45) is 4.97. The number of benzene rings is 1. The van der Waals surface area contributed by atoms with Crippen molar-refractivity contribution in [2.75, 3.05) is 12.3 Å². The van der Waals surface area contributed by atoms with Gasteiger partial charge in [-0.15, -0.1) is 0 Å². The number of hydrogen-bond acceptors (Lipinski definition) is 3. The minimum Gasteiger partial charge on any atom is -0.399 e. The summed E-state index contributed by atoms with van der Waals surface area (Å²) in [6, 6.07) is 5.32. The lowest BCUT2D eigenvalue weighted by molar-refractivity contribution is 0.0758. The first-order valence-electron chi connectivity index (χ1n) is 6.86. The van der Waals surface area contributed by atoms with Crippen molar-refractivity contribution in [1.82, 2.24) is 5.32 Å². The summed E-state index contributed by atoms with van der Waals surface area (Å²) < 4.78 is 0. The summed E-state index contributed by atoms with van der Waals surface area (Å²) >= 11 is 0. The molecular formula is C15H22N2O2. The highest BCUT2D eigenvalue weighted by Crippen LogP contribution is 2.28. The van der Waals surface area contributed by atoms with Gasteiger partial charge < -0.3 is 16.2 Å². The Morgan fingerprint density at radius 3 is 2.68 bits per heavy atom. The van der Waals surface area contributed by atoms with Gasteiger partial charge in [0, 0.05) is 11.3 Å². The van der Waals surface area contributed by atoms with Crippen LogP contribution < -0.4 is 11.1 Å². The third kappa shape index (κ3) is 3.07. The normalized spacial score (nSPS) is 18.0. The number of aryl methyl sites for hydroxylation is 1. The van der Waals surface area contributed by atoms with Crippen LogP contribution in [0.3, 0.4) is 0 Å².